The molecule has 0 aromatic rings. The summed E-state index contributed by atoms with van der Waals surface area (Å²) in [5, 5.41) is 16.7. The highest BCUT2D eigenvalue weighted by atomic mass is 15.2. The fourth-order valence-corrected chi connectivity index (χ4v) is 0.627. The smallest absolute Gasteiger partial charge is 0.0835 e. The molecule has 3 heteroatoms. The van der Waals surface area contributed by atoms with E-state index in [-0.39, 0.29) is 11.6 Å². The van der Waals surface area contributed by atoms with E-state index in [9.17, 15) is 0 Å². The van der Waals surface area contributed by atoms with Crippen LogP contribution >= 0.6 is 0 Å². The molecule has 0 rings (SSSR count). The van der Waals surface area contributed by atoms with Crippen LogP contribution in [0.15, 0.2) is 10.2 Å². The van der Waals surface area contributed by atoms with Crippen molar-refractivity contribution in [2.75, 3.05) is 0 Å². The van der Waals surface area contributed by atoms with Gasteiger partial charge in [-0.2, -0.15) is 15.5 Å². The maximum Gasteiger partial charge on any atom is 0.0835 e. The van der Waals surface area contributed by atoms with Crippen molar-refractivity contribution >= 4 is 0 Å². The number of azo groups is 1. The first-order valence-electron chi connectivity index (χ1n) is 4.28. The van der Waals surface area contributed by atoms with Crippen molar-refractivity contribution in [1.82, 2.24) is 0 Å². The number of rotatable bonds is 3. The average molecular weight is 167 g/mol. The maximum absolute atomic E-state index is 8.45. The normalized spacial score (nSPS) is 14.6. The number of nitrogens with zero attached hydrogens (tertiary/aromatic N) is 3. The summed E-state index contributed by atoms with van der Waals surface area (Å²) in [5.74, 6) is 0. The van der Waals surface area contributed by atoms with Gasteiger partial charge < -0.3 is 0 Å². The van der Waals surface area contributed by atoms with Gasteiger partial charge in [-0.05, 0) is 27.2 Å². The predicted molar refractivity (Wildman–Crippen MR) is 48.9 cm³/mol. The molecule has 0 saturated carbocycles. The number of hydrogen-bond donors (Lipinski definition) is 0. The minimum Gasteiger partial charge on any atom is -0.198 e. The molecular weight excluding hydrogens is 150 g/mol. The third kappa shape index (κ3) is 5.84. The Balaban J connectivity index is 4.03. The molecule has 1 atom stereocenters. The van der Waals surface area contributed by atoms with Crippen LogP contribution in [0.5, 0.6) is 0 Å². The Kier molecular flexibility index (Phi) is 4.50. The summed E-state index contributed by atoms with van der Waals surface area (Å²) in [5.41, 5.74) is -0.122. The van der Waals surface area contributed by atoms with Crippen LogP contribution in [0.1, 0.15) is 40.5 Å². The van der Waals surface area contributed by atoms with E-state index >= 15 is 0 Å². The molecule has 0 fully saturated rings. The van der Waals surface area contributed by atoms with Crippen LogP contribution in [-0.2, 0) is 0 Å². The number of hydrogen-bond acceptors (Lipinski definition) is 3. The van der Waals surface area contributed by atoms with E-state index in [1.54, 1.807) is 0 Å². The van der Waals surface area contributed by atoms with Crippen molar-refractivity contribution in [1.29, 1.82) is 5.26 Å². The summed E-state index contributed by atoms with van der Waals surface area (Å²) in [4.78, 5) is 0. The molecule has 68 valence electrons. The fraction of sp³-hybridized carbons (Fsp3) is 0.889. The second-order valence-corrected chi connectivity index (χ2v) is 3.81. The van der Waals surface area contributed by atoms with Crippen molar-refractivity contribution in [2.24, 2.45) is 10.2 Å². The summed E-state index contributed by atoms with van der Waals surface area (Å²) in [7, 11) is 0. The topological polar surface area (TPSA) is 48.5 Å². The predicted octanol–water partition coefficient (Wildman–Crippen LogP) is 2.93. The van der Waals surface area contributed by atoms with Gasteiger partial charge >= 0.3 is 0 Å². The molecular formula is C9H17N3. The van der Waals surface area contributed by atoms with Gasteiger partial charge in [0.1, 0.15) is 0 Å². The zero-order valence-corrected chi connectivity index (χ0v) is 8.33. The van der Waals surface area contributed by atoms with Gasteiger partial charge in [-0.3, -0.25) is 0 Å². The van der Waals surface area contributed by atoms with Crippen molar-refractivity contribution in [3.63, 3.8) is 0 Å². The summed E-state index contributed by atoms with van der Waals surface area (Å²) in [6.45, 7) is 8.00. The monoisotopic (exact) mass is 167 g/mol. The summed E-state index contributed by atoms with van der Waals surface area (Å²) < 4.78 is 0. The van der Waals surface area contributed by atoms with Crippen LogP contribution < -0.4 is 0 Å². The Bertz CT molecular complexity index is 183. The Morgan fingerprint density at radius 2 is 2.00 bits per heavy atom. The third-order valence-electron chi connectivity index (χ3n) is 1.32. The van der Waals surface area contributed by atoms with E-state index < -0.39 is 0 Å². The lowest BCUT2D eigenvalue weighted by molar-refractivity contribution is 0.503. The van der Waals surface area contributed by atoms with Gasteiger partial charge in [0.25, 0.3) is 0 Å². The van der Waals surface area contributed by atoms with Gasteiger partial charge in [-0.15, -0.1) is 0 Å². The van der Waals surface area contributed by atoms with E-state index in [1.165, 1.54) is 0 Å². The first-order chi connectivity index (χ1) is 5.49. The molecule has 0 bridgehead atoms. The molecule has 0 aliphatic carbocycles. The lowest BCUT2D eigenvalue weighted by atomic mass is 10.1. The second-order valence-electron chi connectivity index (χ2n) is 3.81. The zero-order chi connectivity index (χ0) is 9.61. The van der Waals surface area contributed by atoms with Gasteiger partial charge in [-0.1, -0.05) is 6.92 Å². The quantitative estimate of drug-likeness (QED) is 0.596. The van der Waals surface area contributed by atoms with Crippen molar-refractivity contribution in [3.05, 3.63) is 0 Å². The van der Waals surface area contributed by atoms with Crippen LogP contribution in [0, 0.1) is 11.3 Å². The first-order valence-corrected chi connectivity index (χ1v) is 4.28. The maximum atomic E-state index is 8.45. The molecule has 0 saturated heterocycles. The average Bonchev–Trinajstić information content (AvgIpc) is 1.96. The van der Waals surface area contributed by atoms with Crippen LogP contribution in [0.3, 0.4) is 0 Å². The number of nitriles is 1. The molecule has 0 heterocycles. The minimum atomic E-state index is -0.122. The molecule has 0 aromatic carbocycles. The van der Waals surface area contributed by atoms with Gasteiger partial charge in [0.15, 0.2) is 0 Å². The van der Waals surface area contributed by atoms with Crippen molar-refractivity contribution in [3.8, 4) is 6.07 Å². The van der Waals surface area contributed by atoms with Gasteiger partial charge in [-0.25, -0.2) is 0 Å². The van der Waals surface area contributed by atoms with Crippen molar-refractivity contribution in [2.45, 2.75) is 52.1 Å². The molecule has 0 radical (unpaired) electrons. The molecule has 1 unspecified atom stereocenters. The Morgan fingerprint density at radius 1 is 1.42 bits per heavy atom. The van der Waals surface area contributed by atoms with Crippen LogP contribution in [0.25, 0.3) is 0 Å². The zero-order valence-electron chi connectivity index (χ0n) is 8.33. The highest BCUT2D eigenvalue weighted by molar-refractivity contribution is 4.79. The lowest BCUT2D eigenvalue weighted by Crippen LogP contribution is -2.10. The van der Waals surface area contributed by atoms with E-state index in [4.69, 9.17) is 5.26 Å². The molecule has 0 spiro atoms. The van der Waals surface area contributed by atoms with Crippen LogP contribution in [0.4, 0.5) is 0 Å². The summed E-state index contributed by atoms with van der Waals surface area (Å²) >= 11 is 0. The second kappa shape index (κ2) is 4.87. The Labute approximate surface area is 74.5 Å². The van der Waals surface area contributed by atoms with E-state index in [2.05, 4.69) is 16.3 Å². The largest absolute Gasteiger partial charge is 0.198 e. The molecule has 0 aromatic heterocycles. The Morgan fingerprint density at radius 3 is 2.33 bits per heavy atom. The van der Waals surface area contributed by atoms with Crippen molar-refractivity contribution < 1.29 is 0 Å². The molecule has 0 aliphatic rings. The summed E-state index contributed by atoms with van der Waals surface area (Å²) in [6, 6.07) is 2.18. The SMILES string of the molecule is CCC(CC#N)N=NC(C)(C)C. The van der Waals surface area contributed by atoms with Crippen LogP contribution in [0.2, 0.25) is 0 Å². The highest BCUT2D eigenvalue weighted by Gasteiger charge is 2.09. The molecule has 0 N–H and O–H groups in total. The third-order valence-corrected chi connectivity index (χ3v) is 1.32. The first kappa shape index (κ1) is 11.1. The summed E-state index contributed by atoms with van der Waals surface area (Å²) in [6.07, 6.45) is 1.35. The van der Waals surface area contributed by atoms with E-state index in [0.29, 0.717) is 6.42 Å². The standard InChI is InChI=1S/C9H17N3/c1-5-8(6-7-10)11-12-9(2,3)4/h8H,5-6H2,1-4H3. The Hall–Kier alpha value is -0.910. The molecule has 0 amide bonds. The van der Waals surface area contributed by atoms with Gasteiger partial charge in [0, 0.05) is 0 Å². The highest BCUT2D eigenvalue weighted by Crippen LogP contribution is 2.10. The molecule has 3 nitrogen and oxygen atoms in total. The van der Waals surface area contributed by atoms with E-state index in [0.717, 1.165) is 6.42 Å². The van der Waals surface area contributed by atoms with Crippen LogP contribution in [-0.4, -0.2) is 11.6 Å². The van der Waals surface area contributed by atoms with Gasteiger partial charge in [0.2, 0.25) is 0 Å². The molecule has 12 heavy (non-hydrogen) atoms. The fourth-order valence-electron chi connectivity index (χ4n) is 0.627. The minimum absolute atomic E-state index is 0.0780. The lowest BCUT2D eigenvalue weighted by Gasteiger charge is -2.11. The molecule has 0 aliphatic heterocycles. The van der Waals surface area contributed by atoms with Gasteiger partial charge in [0.05, 0.1) is 24.1 Å². The van der Waals surface area contributed by atoms with E-state index in [1.807, 2.05) is 27.7 Å².